The molecule has 0 spiro atoms. The molecule has 2 rings (SSSR count). The topological polar surface area (TPSA) is 44.0 Å². The van der Waals surface area contributed by atoms with Crippen LogP contribution in [0.5, 0.6) is 5.75 Å². The molecule has 0 radical (unpaired) electrons. The van der Waals surface area contributed by atoms with Crippen LogP contribution in [0.4, 0.5) is 0 Å². The van der Waals surface area contributed by atoms with Gasteiger partial charge in [-0.1, -0.05) is 36.4 Å². The quantitative estimate of drug-likeness (QED) is 0.660. The van der Waals surface area contributed by atoms with E-state index in [4.69, 9.17) is 5.26 Å². The zero-order valence-corrected chi connectivity index (χ0v) is 9.95. The Labute approximate surface area is 105 Å². The van der Waals surface area contributed by atoms with Crippen molar-refractivity contribution in [3.05, 3.63) is 59.7 Å². The maximum atomic E-state index is 9.56. The lowest BCUT2D eigenvalue weighted by molar-refractivity contribution is 0.462. The van der Waals surface area contributed by atoms with Crippen molar-refractivity contribution in [1.82, 2.24) is 0 Å². The van der Waals surface area contributed by atoms with Crippen LogP contribution in [0.15, 0.2) is 53.4 Å². The summed E-state index contributed by atoms with van der Waals surface area (Å²) in [6.07, 6.45) is 0.806. The summed E-state index contributed by atoms with van der Waals surface area (Å²) in [5.74, 6) is 0.161. The SMILES string of the molecule is N#CSc1cc(Cc2ccccc2)ccc1O. The van der Waals surface area contributed by atoms with Crippen LogP contribution in [0.2, 0.25) is 0 Å². The van der Waals surface area contributed by atoms with Gasteiger partial charge in [0.25, 0.3) is 0 Å². The Morgan fingerprint density at radius 1 is 1.06 bits per heavy atom. The van der Waals surface area contributed by atoms with Crippen LogP contribution in [-0.4, -0.2) is 5.11 Å². The molecule has 0 atom stereocenters. The number of thioether (sulfide) groups is 1. The fourth-order valence-electron chi connectivity index (χ4n) is 1.63. The van der Waals surface area contributed by atoms with E-state index in [0.29, 0.717) is 4.90 Å². The summed E-state index contributed by atoms with van der Waals surface area (Å²) in [4.78, 5) is 0.612. The highest BCUT2D eigenvalue weighted by molar-refractivity contribution is 8.03. The first-order valence-corrected chi connectivity index (χ1v) is 6.03. The largest absolute Gasteiger partial charge is 0.507 e. The molecule has 0 aliphatic rings. The highest BCUT2D eigenvalue weighted by Crippen LogP contribution is 2.29. The fourth-order valence-corrected chi connectivity index (χ4v) is 2.11. The number of thiocyanates is 1. The molecule has 0 heterocycles. The predicted octanol–water partition coefficient (Wildman–Crippen LogP) is 3.56. The molecule has 84 valence electrons. The second-order valence-corrected chi connectivity index (χ2v) is 4.48. The zero-order chi connectivity index (χ0) is 12.1. The Morgan fingerprint density at radius 3 is 2.53 bits per heavy atom. The van der Waals surface area contributed by atoms with Gasteiger partial charge in [-0.05, 0) is 41.4 Å². The molecule has 0 amide bonds. The first-order valence-electron chi connectivity index (χ1n) is 5.21. The average Bonchev–Trinajstić information content (AvgIpc) is 2.35. The molecule has 0 aliphatic carbocycles. The van der Waals surface area contributed by atoms with Crippen LogP contribution < -0.4 is 0 Å². The number of benzene rings is 2. The molecule has 1 N–H and O–H groups in total. The van der Waals surface area contributed by atoms with Crippen LogP contribution in [0.1, 0.15) is 11.1 Å². The summed E-state index contributed by atoms with van der Waals surface area (Å²) in [6, 6.07) is 15.5. The van der Waals surface area contributed by atoms with Crippen LogP contribution in [-0.2, 0) is 6.42 Å². The Morgan fingerprint density at radius 2 is 1.82 bits per heavy atom. The van der Waals surface area contributed by atoms with E-state index >= 15 is 0 Å². The Bertz CT molecular complexity index is 546. The first kappa shape index (κ1) is 11.6. The molecule has 0 fully saturated rings. The third-order valence-corrected chi connectivity index (χ3v) is 3.07. The van der Waals surface area contributed by atoms with Crippen LogP contribution in [0.3, 0.4) is 0 Å². The number of nitrogens with zero attached hydrogens (tertiary/aromatic N) is 1. The van der Waals surface area contributed by atoms with Gasteiger partial charge < -0.3 is 5.11 Å². The highest BCUT2D eigenvalue weighted by Gasteiger charge is 2.04. The average molecular weight is 241 g/mol. The van der Waals surface area contributed by atoms with E-state index in [2.05, 4.69) is 12.1 Å². The van der Waals surface area contributed by atoms with Crippen molar-refractivity contribution in [2.24, 2.45) is 0 Å². The lowest BCUT2D eigenvalue weighted by atomic mass is 10.1. The van der Waals surface area contributed by atoms with Crippen molar-refractivity contribution in [2.75, 3.05) is 0 Å². The van der Waals surface area contributed by atoms with Crippen molar-refractivity contribution in [1.29, 1.82) is 5.26 Å². The van der Waals surface area contributed by atoms with Crippen LogP contribution in [0, 0.1) is 10.7 Å². The Balaban J connectivity index is 2.23. The number of nitriles is 1. The van der Waals surface area contributed by atoms with Gasteiger partial charge in [0.2, 0.25) is 0 Å². The van der Waals surface area contributed by atoms with Gasteiger partial charge in [0.1, 0.15) is 11.2 Å². The molecule has 2 aromatic rings. The van der Waals surface area contributed by atoms with Gasteiger partial charge >= 0.3 is 0 Å². The second-order valence-electron chi connectivity index (χ2n) is 3.66. The van der Waals surface area contributed by atoms with Gasteiger partial charge in [0.05, 0.1) is 4.90 Å². The summed E-state index contributed by atoms with van der Waals surface area (Å²) in [7, 11) is 0. The maximum absolute atomic E-state index is 9.56. The number of hydrogen-bond acceptors (Lipinski definition) is 3. The molecule has 0 saturated carbocycles. The van der Waals surface area contributed by atoms with Gasteiger partial charge in [-0.25, -0.2) is 0 Å². The standard InChI is InChI=1S/C14H11NOS/c15-10-17-14-9-12(6-7-13(14)16)8-11-4-2-1-3-5-11/h1-7,9,16H,8H2. The molecular weight excluding hydrogens is 230 g/mol. The summed E-state index contributed by atoms with van der Waals surface area (Å²) < 4.78 is 0. The van der Waals surface area contributed by atoms with Crippen LogP contribution >= 0.6 is 11.8 Å². The molecular formula is C14H11NOS. The van der Waals surface area contributed by atoms with E-state index in [1.807, 2.05) is 35.7 Å². The van der Waals surface area contributed by atoms with Gasteiger partial charge in [0.15, 0.2) is 0 Å². The zero-order valence-electron chi connectivity index (χ0n) is 9.13. The monoisotopic (exact) mass is 241 g/mol. The van der Waals surface area contributed by atoms with Crippen LogP contribution in [0.25, 0.3) is 0 Å². The lowest BCUT2D eigenvalue weighted by Crippen LogP contribution is -1.88. The maximum Gasteiger partial charge on any atom is 0.138 e. The Kier molecular flexibility index (Phi) is 3.69. The fraction of sp³-hybridized carbons (Fsp3) is 0.0714. The molecule has 0 unspecified atom stereocenters. The molecule has 0 aliphatic heterocycles. The molecule has 0 bridgehead atoms. The molecule has 0 saturated heterocycles. The predicted molar refractivity (Wildman–Crippen MR) is 68.8 cm³/mol. The van der Waals surface area contributed by atoms with Crippen molar-refractivity contribution >= 4 is 11.8 Å². The smallest absolute Gasteiger partial charge is 0.138 e. The van der Waals surface area contributed by atoms with Gasteiger partial charge in [-0.2, -0.15) is 5.26 Å². The normalized spacial score (nSPS) is 9.82. The van der Waals surface area contributed by atoms with Gasteiger partial charge in [0, 0.05) is 0 Å². The minimum atomic E-state index is 0.161. The first-order chi connectivity index (χ1) is 8.29. The van der Waals surface area contributed by atoms with Gasteiger partial charge in [-0.15, -0.1) is 0 Å². The van der Waals surface area contributed by atoms with Crippen molar-refractivity contribution < 1.29 is 5.11 Å². The molecule has 2 nitrogen and oxygen atoms in total. The molecule has 17 heavy (non-hydrogen) atoms. The van der Waals surface area contributed by atoms with Crippen molar-refractivity contribution in [3.63, 3.8) is 0 Å². The summed E-state index contributed by atoms with van der Waals surface area (Å²) in [5, 5.41) is 20.2. The van der Waals surface area contributed by atoms with Crippen molar-refractivity contribution in [2.45, 2.75) is 11.3 Å². The number of aromatic hydroxyl groups is 1. The number of rotatable bonds is 3. The van der Waals surface area contributed by atoms with E-state index in [1.54, 1.807) is 6.07 Å². The molecule has 2 aromatic carbocycles. The lowest BCUT2D eigenvalue weighted by Gasteiger charge is -2.05. The van der Waals surface area contributed by atoms with E-state index in [1.165, 1.54) is 5.56 Å². The highest BCUT2D eigenvalue weighted by atomic mass is 32.2. The van der Waals surface area contributed by atoms with E-state index in [0.717, 1.165) is 23.7 Å². The molecule has 3 heteroatoms. The van der Waals surface area contributed by atoms with Crippen molar-refractivity contribution in [3.8, 4) is 11.2 Å². The number of phenolic OH excluding ortho intramolecular Hbond substituents is 1. The number of hydrogen-bond donors (Lipinski definition) is 1. The summed E-state index contributed by atoms with van der Waals surface area (Å²) in [5.41, 5.74) is 2.30. The van der Waals surface area contributed by atoms with E-state index < -0.39 is 0 Å². The minimum absolute atomic E-state index is 0.161. The minimum Gasteiger partial charge on any atom is -0.507 e. The second kappa shape index (κ2) is 5.42. The third-order valence-electron chi connectivity index (χ3n) is 2.43. The van der Waals surface area contributed by atoms with E-state index in [9.17, 15) is 5.11 Å². The number of phenols is 1. The Hall–Kier alpha value is -1.92. The summed E-state index contributed by atoms with van der Waals surface area (Å²) in [6.45, 7) is 0. The summed E-state index contributed by atoms with van der Waals surface area (Å²) >= 11 is 0.982. The third kappa shape index (κ3) is 3.02. The van der Waals surface area contributed by atoms with Gasteiger partial charge in [-0.3, -0.25) is 0 Å². The van der Waals surface area contributed by atoms with E-state index in [-0.39, 0.29) is 5.75 Å². The molecule has 0 aromatic heterocycles.